The standard InChI is InChI=1S/C15H19ClFNO2/c1-20-15(19)14(11-2-4-12(16)5-3-11)10-18-8-6-13(17)7-9-18/h2-5,13-14H,6-10H2,1H3. The van der Waals surface area contributed by atoms with Gasteiger partial charge in [0.05, 0.1) is 13.0 Å². The Bertz CT molecular complexity index is 444. The van der Waals surface area contributed by atoms with Gasteiger partial charge in [0, 0.05) is 24.7 Å². The van der Waals surface area contributed by atoms with Crippen LogP contribution >= 0.6 is 11.6 Å². The average molecular weight is 300 g/mol. The summed E-state index contributed by atoms with van der Waals surface area (Å²) >= 11 is 5.87. The second kappa shape index (κ2) is 7.04. The number of esters is 1. The molecule has 5 heteroatoms. The van der Waals surface area contributed by atoms with Crippen molar-refractivity contribution >= 4 is 17.6 Å². The maximum atomic E-state index is 13.2. The van der Waals surface area contributed by atoms with E-state index in [0.717, 1.165) is 5.56 Å². The molecule has 3 nitrogen and oxygen atoms in total. The maximum absolute atomic E-state index is 13.2. The lowest BCUT2D eigenvalue weighted by Crippen LogP contribution is -2.39. The normalized spacial score (nSPS) is 18.8. The lowest BCUT2D eigenvalue weighted by molar-refractivity contribution is -0.143. The second-order valence-electron chi connectivity index (χ2n) is 5.10. The third kappa shape index (κ3) is 3.93. The van der Waals surface area contributed by atoms with Gasteiger partial charge >= 0.3 is 5.97 Å². The van der Waals surface area contributed by atoms with Crippen molar-refractivity contribution in [2.75, 3.05) is 26.7 Å². The molecule has 0 bridgehead atoms. The largest absolute Gasteiger partial charge is 0.469 e. The zero-order valence-corrected chi connectivity index (χ0v) is 12.3. The zero-order valence-electron chi connectivity index (χ0n) is 11.5. The van der Waals surface area contributed by atoms with Crippen LogP contribution in [0.2, 0.25) is 5.02 Å². The fourth-order valence-corrected chi connectivity index (χ4v) is 2.62. The highest BCUT2D eigenvalue weighted by Gasteiger charge is 2.27. The molecule has 2 rings (SSSR count). The number of carbonyl (C=O) groups is 1. The number of nitrogens with zero attached hydrogens (tertiary/aromatic N) is 1. The molecular weight excluding hydrogens is 281 g/mol. The Balaban J connectivity index is 2.08. The van der Waals surface area contributed by atoms with Crippen molar-refractivity contribution in [3.63, 3.8) is 0 Å². The molecule has 1 aliphatic rings. The first-order valence-corrected chi connectivity index (χ1v) is 7.17. The second-order valence-corrected chi connectivity index (χ2v) is 5.54. The van der Waals surface area contributed by atoms with E-state index in [-0.39, 0.29) is 11.9 Å². The number of ether oxygens (including phenoxy) is 1. The number of rotatable bonds is 4. The van der Waals surface area contributed by atoms with Crippen molar-refractivity contribution < 1.29 is 13.9 Å². The fourth-order valence-electron chi connectivity index (χ4n) is 2.50. The first kappa shape index (κ1) is 15.3. The highest BCUT2D eigenvalue weighted by Crippen LogP contribution is 2.23. The number of alkyl halides is 1. The third-order valence-corrected chi connectivity index (χ3v) is 3.97. The molecule has 1 saturated heterocycles. The monoisotopic (exact) mass is 299 g/mol. The van der Waals surface area contributed by atoms with E-state index in [1.165, 1.54) is 7.11 Å². The SMILES string of the molecule is COC(=O)C(CN1CCC(F)CC1)c1ccc(Cl)cc1. The van der Waals surface area contributed by atoms with E-state index >= 15 is 0 Å². The molecule has 1 aliphatic heterocycles. The molecule has 1 aromatic carbocycles. The summed E-state index contributed by atoms with van der Waals surface area (Å²) in [6.07, 6.45) is 0.363. The van der Waals surface area contributed by atoms with Crippen LogP contribution in [0.4, 0.5) is 4.39 Å². The Labute approximate surface area is 123 Å². The number of carbonyl (C=O) groups excluding carboxylic acids is 1. The molecule has 1 aromatic rings. The number of halogens is 2. The summed E-state index contributed by atoms with van der Waals surface area (Å²) in [5.41, 5.74) is 0.878. The molecule has 0 aromatic heterocycles. The minimum atomic E-state index is -0.710. The first-order valence-electron chi connectivity index (χ1n) is 6.80. The molecule has 1 atom stereocenters. The van der Waals surface area contributed by atoms with E-state index < -0.39 is 6.17 Å². The molecule has 1 unspecified atom stereocenters. The summed E-state index contributed by atoms with van der Waals surface area (Å²) < 4.78 is 18.0. The van der Waals surface area contributed by atoms with Crippen molar-refractivity contribution in [1.82, 2.24) is 4.90 Å². The molecule has 0 N–H and O–H groups in total. The fraction of sp³-hybridized carbons (Fsp3) is 0.533. The van der Waals surface area contributed by atoms with Gasteiger partial charge in [0.2, 0.25) is 0 Å². The maximum Gasteiger partial charge on any atom is 0.314 e. The Kier molecular flexibility index (Phi) is 5.38. The number of methoxy groups -OCH3 is 1. The molecule has 20 heavy (non-hydrogen) atoms. The molecule has 0 radical (unpaired) electrons. The van der Waals surface area contributed by atoms with Crippen LogP contribution < -0.4 is 0 Å². The molecule has 1 fully saturated rings. The van der Waals surface area contributed by atoms with Gasteiger partial charge in [-0.05, 0) is 30.5 Å². The first-order chi connectivity index (χ1) is 9.60. The Morgan fingerprint density at radius 2 is 2.00 bits per heavy atom. The third-order valence-electron chi connectivity index (χ3n) is 3.72. The summed E-state index contributed by atoms with van der Waals surface area (Å²) in [5.74, 6) is -0.622. The number of benzene rings is 1. The van der Waals surface area contributed by atoms with Crippen molar-refractivity contribution in [3.05, 3.63) is 34.9 Å². The van der Waals surface area contributed by atoms with Crippen molar-refractivity contribution in [1.29, 1.82) is 0 Å². The molecule has 0 amide bonds. The molecule has 110 valence electrons. The highest BCUT2D eigenvalue weighted by atomic mass is 35.5. The van der Waals surface area contributed by atoms with Gasteiger partial charge in [0.15, 0.2) is 0 Å². The van der Waals surface area contributed by atoms with Crippen LogP contribution in [0.3, 0.4) is 0 Å². The summed E-state index contributed by atoms with van der Waals surface area (Å²) in [6.45, 7) is 1.92. The topological polar surface area (TPSA) is 29.5 Å². The van der Waals surface area contributed by atoms with Gasteiger partial charge in [-0.15, -0.1) is 0 Å². The minimum absolute atomic E-state index is 0.269. The zero-order chi connectivity index (χ0) is 14.5. The van der Waals surface area contributed by atoms with E-state index in [2.05, 4.69) is 4.90 Å². The average Bonchev–Trinajstić information content (AvgIpc) is 2.47. The number of hydrogen-bond donors (Lipinski definition) is 0. The summed E-state index contributed by atoms with van der Waals surface area (Å²) in [7, 11) is 1.39. The molecule has 0 spiro atoms. The molecular formula is C15H19ClFNO2. The Morgan fingerprint density at radius 1 is 1.40 bits per heavy atom. The quantitative estimate of drug-likeness (QED) is 0.800. The van der Waals surface area contributed by atoms with Crippen LogP contribution in [0.15, 0.2) is 24.3 Å². The summed E-state index contributed by atoms with van der Waals surface area (Å²) in [5, 5.41) is 0.635. The summed E-state index contributed by atoms with van der Waals surface area (Å²) in [6, 6.07) is 7.21. The van der Waals surface area contributed by atoms with Crippen molar-refractivity contribution in [2.45, 2.75) is 24.9 Å². The smallest absolute Gasteiger partial charge is 0.314 e. The van der Waals surface area contributed by atoms with Crippen LogP contribution in [0.25, 0.3) is 0 Å². The van der Waals surface area contributed by atoms with E-state index in [1.807, 2.05) is 12.1 Å². The van der Waals surface area contributed by atoms with Gasteiger partial charge in [-0.2, -0.15) is 0 Å². The van der Waals surface area contributed by atoms with Gasteiger partial charge in [-0.1, -0.05) is 23.7 Å². The number of likely N-dealkylation sites (tertiary alicyclic amines) is 1. The van der Waals surface area contributed by atoms with E-state index in [0.29, 0.717) is 37.5 Å². The predicted molar refractivity (Wildman–Crippen MR) is 76.8 cm³/mol. The molecule has 0 saturated carbocycles. The molecule has 1 heterocycles. The van der Waals surface area contributed by atoms with E-state index in [1.54, 1.807) is 12.1 Å². The predicted octanol–water partition coefficient (Wildman–Crippen LogP) is 3.03. The van der Waals surface area contributed by atoms with E-state index in [9.17, 15) is 9.18 Å². The van der Waals surface area contributed by atoms with Crippen LogP contribution in [-0.4, -0.2) is 43.8 Å². The van der Waals surface area contributed by atoms with Crippen LogP contribution in [0, 0.1) is 0 Å². The lowest BCUT2D eigenvalue weighted by atomic mass is 9.97. The molecule has 0 aliphatic carbocycles. The number of hydrogen-bond acceptors (Lipinski definition) is 3. The van der Waals surface area contributed by atoms with Gasteiger partial charge in [0.25, 0.3) is 0 Å². The van der Waals surface area contributed by atoms with Crippen LogP contribution in [-0.2, 0) is 9.53 Å². The summed E-state index contributed by atoms with van der Waals surface area (Å²) in [4.78, 5) is 14.1. The van der Waals surface area contributed by atoms with E-state index in [4.69, 9.17) is 16.3 Å². The lowest BCUT2D eigenvalue weighted by Gasteiger charge is -2.31. The number of piperidine rings is 1. The van der Waals surface area contributed by atoms with Crippen LogP contribution in [0.5, 0.6) is 0 Å². The minimum Gasteiger partial charge on any atom is -0.469 e. The Morgan fingerprint density at radius 3 is 2.55 bits per heavy atom. The van der Waals surface area contributed by atoms with Gasteiger partial charge in [-0.3, -0.25) is 4.79 Å². The Hall–Kier alpha value is -1.13. The van der Waals surface area contributed by atoms with Gasteiger partial charge in [-0.25, -0.2) is 4.39 Å². The van der Waals surface area contributed by atoms with Crippen LogP contribution in [0.1, 0.15) is 24.3 Å². The van der Waals surface area contributed by atoms with Crippen molar-refractivity contribution in [2.24, 2.45) is 0 Å². The van der Waals surface area contributed by atoms with Gasteiger partial charge in [0.1, 0.15) is 6.17 Å². The van der Waals surface area contributed by atoms with Crippen molar-refractivity contribution in [3.8, 4) is 0 Å². The van der Waals surface area contributed by atoms with Gasteiger partial charge < -0.3 is 9.64 Å². The highest BCUT2D eigenvalue weighted by molar-refractivity contribution is 6.30.